The summed E-state index contributed by atoms with van der Waals surface area (Å²) >= 11 is 5.91. The highest BCUT2D eigenvalue weighted by Gasteiger charge is 2.48. The van der Waals surface area contributed by atoms with Crippen molar-refractivity contribution in [1.29, 1.82) is 0 Å². The lowest BCUT2D eigenvalue weighted by Crippen LogP contribution is -2.31. The number of carbonyl (C=O) groups excluding carboxylic acids is 4. The van der Waals surface area contributed by atoms with Gasteiger partial charge in [-0.25, -0.2) is 4.90 Å². The zero-order chi connectivity index (χ0) is 23.1. The van der Waals surface area contributed by atoms with Crippen molar-refractivity contribution in [3.8, 4) is 5.75 Å². The molecule has 0 bridgehead atoms. The zero-order valence-corrected chi connectivity index (χ0v) is 18.7. The smallest absolute Gasteiger partial charge is 0.316 e. The number of hydrogen-bond donors (Lipinski definition) is 0. The maximum atomic E-state index is 12.9. The summed E-state index contributed by atoms with van der Waals surface area (Å²) in [5.41, 5.74) is 1.09. The Hall–Kier alpha value is -3.19. The van der Waals surface area contributed by atoms with Gasteiger partial charge < -0.3 is 9.64 Å². The van der Waals surface area contributed by atoms with Crippen molar-refractivity contribution in [3.63, 3.8) is 0 Å². The molecule has 170 valence electrons. The predicted octanol–water partition coefficient (Wildman–Crippen LogP) is 3.98. The molecule has 0 N–H and O–H groups in total. The van der Waals surface area contributed by atoms with Crippen LogP contribution in [0.4, 0.5) is 11.4 Å². The van der Waals surface area contributed by atoms with E-state index in [2.05, 4.69) is 0 Å². The number of hydrogen-bond acceptors (Lipinski definition) is 5. The Balaban J connectivity index is 1.29. The molecule has 2 heterocycles. The highest BCUT2D eigenvalue weighted by molar-refractivity contribution is 6.30. The number of ether oxygens (including phenoxy) is 1. The average Bonchev–Trinajstić information content (AvgIpc) is 3.32. The van der Waals surface area contributed by atoms with Gasteiger partial charge in [-0.3, -0.25) is 19.2 Å². The van der Waals surface area contributed by atoms with Gasteiger partial charge in [0.1, 0.15) is 5.75 Å². The van der Waals surface area contributed by atoms with Gasteiger partial charge >= 0.3 is 5.97 Å². The lowest BCUT2D eigenvalue weighted by atomic mass is 9.81. The van der Waals surface area contributed by atoms with E-state index in [4.69, 9.17) is 16.3 Å². The molecule has 5 rings (SSSR count). The highest BCUT2D eigenvalue weighted by atomic mass is 35.5. The number of imide groups is 1. The third-order valence-electron chi connectivity index (χ3n) is 6.73. The number of anilines is 2. The van der Waals surface area contributed by atoms with Crippen LogP contribution in [0.2, 0.25) is 5.02 Å². The molecule has 2 aromatic rings. The molecule has 1 saturated carbocycles. The number of rotatable bonds is 4. The number of nitrogens with zero attached hydrogens (tertiary/aromatic N) is 2. The van der Waals surface area contributed by atoms with Gasteiger partial charge in [-0.2, -0.15) is 0 Å². The van der Waals surface area contributed by atoms with E-state index in [9.17, 15) is 19.2 Å². The average molecular weight is 467 g/mol. The highest BCUT2D eigenvalue weighted by Crippen LogP contribution is 2.40. The van der Waals surface area contributed by atoms with Crippen molar-refractivity contribution in [2.24, 2.45) is 17.8 Å². The van der Waals surface area contributed by atoms with Crippen molar-refractivity contribution in [1.82, 2.24) is 0 Å². The summed E-state index contributed by atoms with van der Waals surface area (Å²) in [4.78, 5) is 53.8. The fraction of sp³-hybridized carbons (Fsp3) is 0.360. The minimum absolute atomic E-state index is 0.0492. The van der Waals surface area contributed by atoms with Crippen LogP contribution in [0.3, 0.4) is 0 Å². The van der Waals surface area contributed by atoms with E-state index in [1.807, 2.05) is 0 Å². The minimum Gasteiger partial charge on any atom is -0.426 e. The van der Waals surface area contributed by atoms with Crippen molar-refractivity contribution < 1.29 is 23.9 Å². The minimum atomic E-state index is -0.616. The topological polar surface area (TPSA) is 84.0 Å². The van der Waals surface area contributed by atoms with Crippen LogP contribution >= 0.6 is 11.6 Å². The molecule has 1 aliphatic carbocycles. The van der Waals surface area contributed by atoms with Crippen LogP contribution in [0.5, 0.6) is 5.75 Å². The Morgan fingerprint density at radius 2 is 1.58 bits per heavy atom. The van der Waals surface area contributed by atoms with Gasteiger partial charge in [0.2, 0.25) is 17.7 Å². The third kappa shape index (κ3) is 4.02. The molecule has 8 heteroatoms. The number of esters is 1. The van der Waals surface area contributed by atoms with Crippen LogP contribution in [0, 0.1) is 17.8 Å². The van der Waals surface area contributed by atoms with Gasteiger partial charge in [0.25, 0.3) is 0 Å². The number of carbonyl (C=O) groups is 4. The summed E-state index contributed by atoms with van der Waals surface area (Å²) < 4.78 is 5.55. The molecule has 2 saturated heterocycles. The van der Waals surface area contributed by atoms with Crippen LogP contribution in [0.25, 0.3) is 0 Å². The second kappa shape index (κ2) is 8.63. The maximum absolute atomic E-state index is 12.9. The molecule has 3 atom stereocenters. The van der Waals surface area contributed by atoms with Crippen LogP contribution in [-0.2, 0) is 19.2 Å². The normalized spacial score (nSPS) is 24.9. The molecule has 2 aliphatic heterocycles. The van der Waals surface area contributed by atoms with Crippen LogP contribution in [0.15, 0.2) is 48.5 Å². The number of halogens is 1. The van der Waals surface area contributed by atoms with Gasteiger partial charge in [0.15, 0.2) is 0 Å². The summed E-state index contributed by atoms with van der Waals surface area (Å²) in [5, 5.41) is 0.565. The van der Waals surface area contributed by atoms with Gasteiger partial charge in [0, 0.05) is 29.7 Å². The molecule has 0 aromatic heterocycles. The molecule has 2 aromatic carbocycles. The largest absolute Gasteiger partial charge is 0.426 e. The molecular formula is C25H23ClN2O5. The lowest BCUT2D eigenvalue weighted by Gasteiger charge is -2.19. The SMILES string of the molecule is O=C(Oc1cccc(N2C(=O)[C@H]3CCCC[C@H]3C2=O)c1)[C@@H]1CC(=O)N(c2ccc(Cl)cc2)C1. The molecule has 7 nitrogen and oxygen atoms in total. The predicted molar refractivity (Wildman–Crippen MR) is 122 cm³/mol. The van der Waals surface area contributed by atoms with Crippen LogP contribution < -0.4 is 14.5 Å². The van der Waals surface area contributed by atoms with Crippen molar-refractivity contribution in [3.05, 3.63) is 53.6 Å². The van der Waals surface area contributed by atoms with E-state index in [0.29, 0.717) is 16.4 Å². The monoisotopic (exact) mass is 466 g/mol. The van der Waals surface area contributed by atoms with E-state index in [0.717, 1.165) is 25.7 Å². The van der Waals surface area contributed by atoms with E-state index >= 15 is 0 Å². The Morgan fingerprint density at radius 1 is 0.909 bits per heavy atom. The lowest BCUT2D eigenvalue weighted by molar-refractivity contribution is -0.139. The van der Waals surface area contributed by atoms with Crippen LogP contribution in [0.1, 0.15) is 32.1 Å². The number of benzene rings is 2. The first-order valence-electron chi connectivity index (χ1n) is 11.2. The Labute approximate surface area is 196 Å². The maximum Gasteiger partial charge on any atom is 0.316 e. The van der Waals surface area contributed by atoms with Gasteiger partial charge in [-0.05, 0) is 49.2 Å². The molecule has 3 amide bonds. The van der Waals surface area contributed by atoms with E-state index < -0.39 is 11.9 Å². The Morgan fingerprint density at radius 3 is 2.24 bits per heavy atom. The third-order valence-corrected chi connectivity index (χ3v) is 6.98. The van der Waals surface area contributed by atoms with E-state index in [-0.39, 0.29) is 48.3 Å². The van der Waals surface area contributed by atoms with Gasteiger partial charge in [-0.1, -0.05) is 30.5 Å². The Kier molecular flexibility index (Phi) is 5.66. The molecule has 0 unspecified atom stereocenters. The molecule has 0 radical (unpaired) electrons. The van der Waals surface area contributed by atoms with E-state index in [1.54, 1.807) is 53.4 Å². The fourth-order valence-corrected chi connectivity index (χ4v) is 5.16. The number of amides is 3. The van der Waals surface area contributed by atoms with Gasteiger partial charge in [-0.15, -0.1) is 0 Å². The van der Waals surface area contributed by atoms with Crippen molar-refractivity contribution in [2.75, 3.05) is 16.3 Å². The number of fused-ring (bicyclic) bond motifs is 1. The van der Waals surface area contributed by atoms with Gasteiger partial charge in [0.05, 0.1) is 23.4 Å². The van der Waals surface area contributed by atoms with E-state index in [1.165, 1.54) is 4.90 Å². The molecular weight excluding hydrogens is 444 g/mol. The van der Waals surface area contributed by atoms with Crippen molar-refractivity contribution in [2.45, 2.75) is 32.1 Å². The summed E-state index contributed by atoms with van der Waals surface area (Å²) in [7, 11) is 0. The standard InChI is InChI=1S/C25H23ClN2O5/c26-16-8-10-17(11-9-16)27-14-15(12-22(27)29)25(32)33-19-5-3-4-18(13-19)28-23(30)20-6-1-2-7-21(20)24(28)31/h3-5,8-11,13,15,20-21H,1-2,6-7,12,14H2/t15-,20-,21+/m1/s1. The summed E-state index contributed by atoms with van der Waals surface area (Å²) in [6, 6.07) is 13.3. The summed E-state index contributed by atoms with van der Waals surface area (Å²) in [6.07, 6.45) is 3.44. The molecule has 33 heavy (non-hydrogen) atoms. The molecule has 3 aliphatic rings. The zero-order valence-electron chi connectivity index (χ0n) is 17.9. The summed E-state index contributed by atoms with van der Waals surface area (Å²) in [5.74, 6) is -1.91. The first-order valence-corrected chi connectivity index (χ1v) is 11.6. The van der Waals surface area contributed by atoms with Crippen molar-refractivity contribution >= 4 is 46.7 Å². The van der Waals surface area contributed by atoms with Crippen LogP contribution in [-0.4, -0.2) is 30.2 Å². The quantitative estimate of drug-likeness (QED) is 0.386. The summed E-state index contributed by atoms with van der Waals surface area (Å²) in [6.45, 7) is 0.214. The second-order valence-electron chi connectivity index (χ2n) is 8.81. The molecule has 3 fully saturated rings. The Bertz CT molecular complexity index is 1110. The molecule has 0 spiro atoms. The fourth-order valence-electron chi connectivity index (χ4n) is 5.04. The second-order valence-corrected chi connectivity index (χ2v) is 9.25. The first-order chi connectivity index (χ1) is 15.9. The first kappa shape index (κ1) is 21.6.